The van der Waals surface area contributed by atoms with Crippen molar-refractivity contribution in [1.29, 1.82) is 0 Å². The third-order valence-corrected chi connectivity index (χ3v) is 3.91. The number of carbonyl (C=O) groups excluding carboxylic acids is 1. The number of rotatable bonds is 5. The maximum absolute atomic E-state index is 12.4. The minimum Gasteiger partial charge on any atom is -0.497 e. The van der Waals surface area contributed by atoms with Gasteiger partial charge in [0.2, 0.25) is 0 Å². The molecule has 19 heavy (non-hydrogen) atoms. The van der Waals surface area contributed by atoms with Crippen LogP contribution in [0.3, 0.4) is 0 Å². The molecule has 104 valence electrons. The molecule has 0 bridgehead atoms. The van der Waals surface area contributed by atoms with E-state index in [2.05, 4.69) is 0 Å². The Morgan fingerprint density at radius 3 is 2.53 bits per heavy atom. The van der Waals surface area contributed by atoms with Gasteiger partial charge in [-0.3, -0.25) is 4.79 Å². The van der Waals surface area contributed by atoms with Crippen molar-refractivity contribution < 1.29 is 14.3 Å². The molecular weight excluding hydrogens is 240 g/mol. The molecule has 0 saturated heterocycles. The SMILES string of the molecule is COc1ccc(C(=O)CC2CCCCC2)c(OC)c1. The summed E-state index contributed by atoms with van der Waals surface area (Å²) in [5.74, 6) is 2.06. The minimum atomic E-state index is 0.186. The second kappa shape index (κ2) is 6.60. The van der Waals surface area contributed by atoms with Crippen molar-refractivity contribution in [2.75, 3.05) is 14.2 Å². The lowest BCUT2D eigenvalue weighted by Gasteiger charge is -2.21. The topological polar surface area (TPSA) is 35.5 Å². The van der Waals surface area contributed by atoms with Crippen LogP contribution in [0.5, 0.6) is 11.5 Å². The van der Waals surface area contributed by atoms with Gasteiger partial charge in [0.05, 0.1) is 19.8 Å². The Labute approximate surface area is 114 Å². The van der Waals surface area contributed by atoms with Crippen molar-refractivity contribution >= 4 is 5.78 Å². The van der Waals surface area contributed by atoms with Crippen LogP contribution in [0.25, 0.3) is 0 Å². The third kappa shape index (κ3) is 3.49. The van der Waals surface area contributed by atoms with Crippen LogP contribution in [0.2, 0.25) is 0 Å². The van der Waals surface area contributed by atoms with Gasteiger partial charge in [-0.25, -0.2) is 0 Å². The van der Waals surface area contributed by atoms with Crippen LogP contribution in [-0.4, -0.2) is 20.0 Å². The van der Waals surface area contributed by atoms with Crippen LogP contribution in [0, 0.1) is 5.92 Å². The summed E-state index contributed by atoms with van der Waals surface area (Å²) in [6, 6.07) is 5.40. The standard InChI is InChI=1S/C16H22O3/c1-18-13-8-9-14(16(11-13)19-2)15(17)10-12-6-4-3-5-7-12/h8-9,11-12H,3-7,10H2,1-2H3. The molecule has 0 amide bonds. The number of hydrogen-bond donors (Lipinski definition) is 0. The predicted octanol–water partition coefficient (Wildman–Crippen LogP) is 3.86. The van der Waals surface area contributed by atoms with Crippen molar-refractivity contribution in [3.05, 3.63) is 23.8 Å². The second-order valence-electron chi connectivity index (χ2n) is 5.20. The maximum atomic E-state index is 12.4. The molecule has 0 heterocycles. The first-order chi connectivity index (χ1) is 9.24. The van der Waals surface area contributed by atoms with Crippen LogP contribution in [0.4, 0.5) is 0 Å². The summed E-state index contributed by atoms with van der Waals surface area (Å²) in [6.45, 7) is 0. The summed E-state index contributed by atoms with van der Waals surface area (Å²) < 4.78 is 10.4. The molecule has 3 nitrogen and oxygen atoms in total. The fraction of sp³-hybridized carbons (Fsp3) is 0.562. The monoisotopic (exact) mass is 262 g/mol. The van der Waals surface area contributed by atoms with Gasteiger partial charge in [-0.2, -0.15) is 0 Å². The average molecular weight is 262 g/mol. The summed E-state index contributed by atoms with van der Waals surface area (Å²) in [4.78, 5) is 12.4. The van der Waals surface area contributed by atoms with E-state index in [0.29, 0.717) is 29.4 Å². The van der Waals surface area contributed by atoms with E-state index in [9.17, 15) is 4.79 Å². The van der Waals surface area contributed by atoms with Crippen molar-refractivity contribution in [2.24, 2.45) is 5.92 Å². The molecule has 1 aromatic rings. The van der Waals surface area contributed by atoms with E-state index in [1.165, 1.54) is 32.1 Å². The highest BCUT2D eigenvalue weighted by molar-refractivity contribution is 5.99. The fourth-order valence-corrected chi connectivity index (χ4v) is 2.79. The number of ketones is 1. The summed E-state index contributed by atoms with van der Waals surface area (Å²) in [5.41, 5.74) is 0.675. The van der Waals surface area contributed by atoms with Gasteiger partial charge < -0.3 is 9.47 Å². The molecular formula is C16H22O3. The van der Waals surface area contributed by atoms with Gasteiger partial charge in [0.15, 0.2) is 5.78 Å². The molecule has 0 atom stereocenters. The zero-order valence-corrected chi connectivity index (χ0v) is 11.8. The molecule has 0 aromatic heterocycles. The lowest BCUT2D eigenvalue weighted by molar-refractivity contribution is 0.0947. The highest BCUT2D eigenvalue weighted by atomic mass is 16.5. The van der Waals surface area contributed by atoms with Crippen LogP contribution < -0.4 is 9.47 Å². The number of hydrogen-bond acceptors (Lipinski definition) is 3. The van der Waals surface area contributed by atoms with Gasteiger partial charge in [0.25, 0.3) is 0 Å². The normalized spacial score (nSPS) is 16.1. The van der Waals surface area contributed by atoms with Crippen molar-refractivity contribution in [1.82, 2.24) is 0 Å². The van der Waals surface area contributed by atoms with E-state index < -0.39 is 0 Å². The Morgan fingerprint density at radius 2 is 1.89 bits per heavy atom. The molecule has 0 N–H and O–H groups in total. The van der Waals surface area contributed by atoms with Gasteiger partial charge in [0.1, 0.15) is 11.5 Å². The van der Waals surface area contributed by atoms with Crippen LogP contribution in [-0.2, 0) is 0 Å². The van der Waals surface area contributed by atoms with E-state index in [1.807, 2.05) is 12.1 Å². The molecule has 1 aliphatic rings. The Morgan fingerprint density at radius 1 is 1.16 bits per heavy atom. The van der Waals surface area contributed by atoms with Gasteiger partial charge in [-0.05, 0) is 18.1 Å². The van der Waals surface area contributed by atoms with E-state index in [-0.39, 0.29) is 5.78 Å². The highest BCUT2D eigenvalue weighted by Crippen LogP contribution is 2.30. The van der Waals surface area contributed by atoms with Crippen LogP contribution >= 0.6 is 0 Å². The summed E-state index contributed by atoms with van der Waals surface area (Å²) in [6.07, 6.45) is 6.85. The number of Topliss-reactive ketones (excluding diaryl/α,β-unsaturated/α-hetero) is 1. The third-order valence-electron chi connectivity index (χ3n) is 3.91. The lowest BCUT2D eigenvalue weighted by Crippen LogP contribution is -2.13. The Bertz CT molecular complexity index is 434. The second-order valence-corrected chi connectivity index (χ2v) is 5.20. The molecule has 0 radical (unpaired) electrons. The van der Waals surface area contributed by atoms with E-state index in [1.54, 1.807) is 20.3 Å². The van der Waals surface area contributed by atoms with Gasteiger partial charge >= 0.3 is 0 Å². The number of carbonyl (C=O) groups is 1. The molecule has 0 unspecified atom stereocenters. The first kappa shape index (κ1) is 13.9. The number of ether oxygens (including phenoxy) is 2. The van der Waals surface area contributed by atoms with Crippen LogP contribution in [0.1, 0.15) is 48.9 Å². The van der Waals surface area contributed by atoms with E-state index in [4.69, 9.17) is 9.47 Å². The van der Waals surface area contributed by atoms with E-state index in [0.717, 1.165) is 0 Å². The quantitative estimate of drug-likeness (QED) is 0.756. The molecule has 3 heteroatoms. The summed E-state index contributed by atoms with van der Waals surface area (Å²) >= 11 is 0. The summed E-state index contributed by atoms with van der Waals surface area (Å²) in [7, 11) is 3.20. The van der Waals surface area contributed by atoms with Crippen molar-refractivity contribution in [2.45, 2.75) is 38.5 Å². The summed E-state index contributed by atoms with van der Waals surface area (Å²) in [5, 5.41) is 0. The fourth-order valence-electron chi connectivity index (χ4n) is 2.79. The number of methoxy groups -OCH3 is 2. The molecule has 1 aromatic carbocycles. The lowest BCUT2D eigenvalue weighted by atomic mass is 9.84. The number of benzene rings is 1. The van der Waals surface area contributed by atoms with Crippen molar-refractivity contribution in [3.63, 3.8) is 0 Å². The maximum Gasteiger partial charge on any atom is 0.166 e. The van der Waals surface area contributed by atoms with Gasteiger partial charge in [0, 0.05) is 12.5 Å². The zero-order chi connectivity index (χ0) is 13.7. The molecule has 0 aliphatic heterocycles. The Balaban J connectivity index is 2.09. The Hall–Kier alpha value is -1.51. The molecule has 1 saturated carbocycles. The Kier molecular flexibility index (Phi) is 4.83. The molecule has 0 spiro atoms. The van der Waals surface area contributed by atoms with Crippen LogP contribution in [0.15, 0.2) is 18.2 Å². The highest BCUT2D eigenvalue weighted by Gasteiger charge is 2.20. The zero-order valence-electron chi connectivity index (χ0n) is 11.8. The molecule has 1 fully saturated rings. The first-order valence-electron chi connectivity index (χ1n) is 7.00. The molecule has 2 rings (SSSR count). The van der Waals surface area contributed by atoms with E-state index >= 15 is 0 Å². The molecule has 1 aliphatic carbocycles. The predicted molar refractivity (Wildman–Crippen MR) is 75.1 cm³/mol. The van der Waals surface area contributed by atoms with Gasteiger partial charge in [-0.1, -0.05) is 32.1 Å². The van der Waals surface area contributed by atoms with Crippen molar-refractivity contribution in [3.8, 4) is 11.5 Å². The first-order valence-corrected chi connectivity index (χ1v) is 7.00. The largest absolute Gasteiger partial charge is 0.497 e. The smallest absolute Gasteiger partial charge is 0.166 e. The minimum absolute atomic E-state index is 0.186. The average Bonchev–Trinajstić information content (AvgIpc) is 2.47. The van der Waals surface area contributed by atoms with Gasteiger partial charge in [-0.15, -0.1) is 0 Å².